The highest BCUT2D eigenvalue weighted by Gasteiger charge is 2.61. The van der Waals surface area contributed by atoms with E-state index in [0.29, 0.717) is 18.5 Å². The second kappa shape index (κ2) is 7.23. The molecule has 1 saturated carbocycles. The van der Waals surface area contributed by atoms with E-state index < -0.39 is 20.7 Å². The van der Waals surface area contributed by atoms with Gasteiger partial charge >= 0.3 is 5.97 Å². The van der Waals surface area contributed by atoms with E-state index in [1.807, 2.05) is 43.3 Å². The maximum atomic E-state index is 12.6. The van der Waals surface area contributed by atoms with Crippen LogP contribution in [-0.2, 0) is 27.7 Å². The molecule has 1 aliphatic rings. The summed E-state index contributed by atoms with van der Waals surface area (Å²) in [5.41, 5.74) is 3.37. The fraction of sp³-hybridized carbons (Fsp3) is 0.350. The highest BCUT2D eigenvalue weighted by atomic mass is 32.2. The van der Waals surface area contributed by atoms with Gasteiger partial charge in [-0.15, -0.1) is 0 Å². The Kier molecular flexibility index (Phi) is 5.15. The average Bonchev–Trinajstić information content (AvgIpc) is 3.44. The van der Waals surface area contributed by atoms with Crippen molar-refractivity contribution in [2.45, 2.75) is 37.4 Å². The molecule has 0 aliphatic heterocycles. The summed E-state index contributed by atoms with van der Waals surface area (Å²) in [4.78, 5) is 11.4. The third kappa shape index (κ3) is 3.93. The number of anilines is 1. The number of carbonyl (C=O) groups is 1. The van der Waals surface area contributed by atoms with Crippen molar-refractivity contribution in [2.75, 3.05) is 11.8 Å². The van der Waals surface area contributed by atoms with Crippen LogP contribution in [0.25, 0.3) is 0 Å². The summed E-state index contributed by atoms with van der Waals surface area (Å²) in [5.74, 6) is -0.519. The molecule has 2 aromatic carbocycles. The molecule has 0 bridgehead atoms. The van der Waals surface area contributed by atoms with Crippen LogP contribution in [0.5, 0.6) is 5.75 Å². The molecular weight excluding hydrogens is 366 g/mol. The number of methoxy groups -OCH3 is 1. The summed E-state index contributed by atoms with van der Waals surface area (Å²) in [6.45, 7) is 1.94. The molecule has 0 saturated heterocycles. The summed E-state index contributed by atoms with van der Waals surface area (Å²) < 4.78 is 31.3. The van der Waals surface area contributed by atoms with Crippen molar-refractivity contribution in [3.05, 3.63) is 59.2 Å². The molecule has 2 N–H and O–H groups in total. The van der Waals surface area contributed by atoms with E-state index in [4.69, 9.17) is 4.74 Å². The Morgan fingerprint density at radius 3 is 2.56 bits per heavy atom. The van der Waals surface area contributed by atoms with Crippen molar-refractivity contribution in [1.29, 1.82) is 0 Å². The van der Waals surface area contributed by atoms with E-state index in [1.165, 1.54) is 0 Å². The molecule has 0 spiro atoms. The SMILES string of the molecule is COc1cccc(CCc2cc(C)ccc2NS(=O)(=O)C2(C(=O)O)CC2)c1. The Hall–Kier alpha value is -2.54. The maximum absolute atomic E-state index is 12.6. The van der Waals surface area contributed by atoms with Gasteiger partial charge in [0.05, 0.1) is 12.8 Å². The first-order chi connectivity index (χ1) is 12.8. The van der Waals surface area contributed by atoms with Gasteiger partial charge in [0.2, 0.25) is 10.0 Å². The smallest absolute Gasteiger partial charge is 0.326 e. The monoisotopic (exact) mass is 389 g/mol. The van der Waals surface area contributed by atoms with Crippen LogP contribution in [0.1, 0.15) is 29.5 Å². The highest BCUT2D eigenvalue weighted by Crippen LogP contribution is 2.44. The zero-order valence-corrected chi connectivity index (χ0v) is 16.2. The van der Waals surface area contributed by atoms with Crippen molar-refractivity contribution >= 4 is 21.7 Å². The lowest BCUT2D eigenvalue weighted by molar-refractivity contribution is -0.137. The van der Waals surface area contributed by atoms with Crippen LogP contribution in [0.3, 0.4) is 0 Å². The van der Waals surface area contributed by atoms with Crippen molar-refractivity contribution in [3.8, 4) is 5.75 Å². The van der Waals surface area contributed by atoms with E-state index in [-0.39, 0.29) is 12.8 Å². The Labute approximate surface area is 159 Å². The van der Waals surface area contributed by atoms with Crippen LogP contribution in [-0.4, -0.2) is 31.4 Å². The minimum absolute atomic E-state index is 0.142. The average molecular weight is 389 g/mol. The third-order valence-electron chi connectivity index (χ3n) is 4.93. The molecule has 0 aromatic heterocycles. The summed E-state index contributed by atoms with van der Waals surface area (Å²) in [7, 11) is -2.39. The molecule has 0 atom stereocenters. The van der Waals surface area contributed by atoms with Gasteiger partial charge in [0, 0.05) is 0 Å². The lowest BCUT2D eigenvalue weighted by Crippen LogP contribution is -2.37. The van der Waals surface area contributed by atoms with E-state index in [0.717, 1.165) is 22.4 Å². The topological polar surface area (TPSA) is 92.7 Å². The lowest BCUT2D eigenvalue weighted by atomic mass is 10.0. The molecule has 2 aromatic rings. The van der Waals surface area contributed by atoms with Gasteiger partial charge in [0.1, 0.15) is 5.75 Å². The molecule has 144 valence electrons. The number of rotatable bonds is 8. The standard InChI is InChI=1S/C20H23NO5S/c1-14-6-9-18(21-27(24,25)20(10-11-20)19(22)23)16(12-14)8-7-15-4-3-5-17(13-15)26-2/h3-6,9,12-13,21H,7-8,10-11H2,1-2H3,(H,22,23). The molecule has 1 fully saturated rings. The number of nitrogens with one attached hydrogen (secondary N) is 1. The molecular formula is C20H23NO5S. The van der Waals surface area contributed by atoms with Crippen molar-refractivity contribution in [1.82, 2.24) is 0 Å². The minimum Gasteiger partial charge on any atom is -0.497 e. The van der Waals surface area contributed by atoms with Gasteiger partial charge in [-0.3, -0.25) is 9.52 Å². The second-order valence-corrected chi connectivity index (χ2v) is 8.91. The van der Waals surface area contributed by atoms with Gasteiger partial charge in [-0.05, 0) is 61.9 Å². The minimum atomic E-state index is -4.00. The predicted octanol–water partition coefficient (Wildman–Crippen LogP) is 3.15. The first-order valence-corrected chi connectivity index (χ1v) is 10.2. The molecule has 6 nitrogen and oxygen atoms in total. The van der Waals surface area contributed by atoms with Crippen LogP contribution in [0.4, 0.5) is 5.69 Å². The molecule has 0 amide bonds. The van der Waals surface area contributed by atoms with Crippen LogP contribution in [0.15, 0.2) is 42.5 Å². The zero-order valence-electron chi connectivity index (χ0n) is 15.4. The lowest BCUT2D eigenvalue weighted by Gasteiger charge is -2.17. The summed E-state index contributed by atoms with van der Waals surface area (Å²) in [6, 6.07) is 13.2. The molecule has 1 aliphatic carbocycles. The first kappa shape index (κ1) is 19.2. The predicted molar refractivity (Wildman–Crippen MR) is 104 cm³/mol. The summed E-state index contributed by atoms with van der Waals surface area (Å²) >= 11 is 0. The number of hydrogen-bond donors (Lipinski definition) is 2. The Balaban J connectivity index is 1.82. The number of carboxylic acid groups (broad SMARTS) is 1. The number of sulfonamides is 1. The van der Waals surface area contributed by atoms with Crippen LogP contribution in [0.2, 0.25) is 0 Å². The third-order valence-corrected chi connectivity index (χ3v) is 7.03. The number of ether oxygens (including phenoxy) is 1. The van der Waals surface area contributed by atoms with Crippen molar-refractivity contribution < 1.29 is 23.1 Å². The molecule has 3 rings (SSSR count). The van der Waals surface area contributed by atoms with Gasteiger partial charge in [0.25, 0.3) is 0 Å². The molecule has 0 unspecified atom stereocenters. The quantitative estimate of drug-likeness (QED) is 0.723. The highest BCUT2D eigenvalue weighted by molar-refractivity contribution is 7.95. The van der Waals surface area contributed by atoms with Gasteiger partial charge in [-0.25, -0.2) is 8.42 Å². The summed E-state index contributed by atoms with van der Waals surface area (Å²) in [5, 5.41) is 9.30. The largest absolute Gasteiger partial charge is 0.497 e. The van der Waals surface area contributed by atoms with Gasteiger partial charge < -0.3 is 9.84 Å². The van der Waals surface area contributed by atoms with E-state index in [1.54, 1.807) is 13.2 Å². The van der Waals surface area contributed by atoms with Crippen LogP contribution < -0.4 is 9.46 Å². The van der Waals surface area contributed by atoms with Gasteiger partial charge in [-0.2, -0.15) is 0 Å². The van der Waals surface area contributed by atoms with E-state index >= 15 is 0 Å². The number of hydrogen-bond acceptors (Lipinski definition) is 4. The van der Waals surface area contributed by atoms with Crippen LogP contribution >= 0.6 is 0 Å². The fourth-order valence-electron chi connectivity index (χ4n) is 3.09. The number of carboxylic acids is 1. The molecule has 0 radical (unpaired) electrons. The zero-order chi connectivity index (χ0) is 19.7. The summed E-state index contributed by atoms with van der Waals surface area (Å²) in [6.07, 6.45) is 1.61. The van der Waals surface area contributed by atoms with Crippen LogP contribution in [0, 0.1) is 6.92 Å². The number of aryl methyl sites for hydroxylation is 3. The van der Waals surface area contributed by atoms with E-state index in [2.05, 4.69) is 4.72 Å². The Morgan fingerprint density at radius 2 is 1.93 bits per heavy atom. The molecule has 0 heterocycles. The molecule has 27 heavy (non-hydrogen) atoms. The molecule has 7 heteroatoms. The first-order valence-electron chi connectivity index (χ1n) is 8.76. The Morgan fingerprint density at radius 1 is 1.19 bits per heavy atom. The number of benzene rings is 2. The fourth-order valence-corrected chi connectivity index (χ4v) is 4.64. The van der Waals surface area contributed by atoms with Crippen molar-refractivity contribution in [2.24, 2.45) is 0 Å². The maximum Gasteiger partial charge on any atom is 0.326 e. The van der Waals surface area contributed by atoms with Gasteiger partial charge in [0.15, 0.2) is 4.75 Å². The van der Waals surface area contributed by atoms with Gasteiger partial charge in [-0.1, -0.05) is 29.8 Å². The Bertz CT molecular complexity index is 964. The number of aliphatic carboxylic acids is 1. The normalized spacial score (nSPS) is 15.2. The van der Waals surface area contributed by atoms with Crippen molar-refractivity contribution in [3.63, 3.8) is 0 Å². The van der Waals surface area contributed by atoms with E-state index in [9.17, 15) is 18.3 Å². The second-order valence-electron chi connectivity index (χ2n) is 6.92.